The summed E-state index contributed by atoms with van der Waals surface area (Å²) in [6.07, 6.45) is 2.69. The monoisotopic (exact) mass is 266 g/mol. The number of anilines is 1. The van der Waals surface area contributed by atoms with Gasteiger partial charge < -0.3 is 19.9 Å². The average molecular weight is 266 g/mol. The summed E-state index contributed by atoms with van der Waals surface area (Å²) in [5, 5.41) is 0. The number of nitrogen functional groups attached to an aromatic ring is 1. The smallest absolute Gasteiger partial charge is 0.240 e. The molecule has 1 aliphatic rings. The first kappa shape index (κ1) is 13.9. The molecule has 0 amide bonds. The summed E-state index contributed by atoms with van der Waals surface area (Å²) >= 11 is 0. The summed E-state index contributed by atoms with van der Waals surface area (Å²) in [7, 11) is 0. The van der Waals surface area contributed by atoms with Gasteiger partial charge in [-0.2, -0.15) is 4.98 Å². The van der Waals surface area contributed by atoms with Gasteiger partial charge in [-0.15, -0.1) is 0 Å². The van der Waals surface area contributed by atoms with Crippen LogP contribution in [0.4, 0.5) is 5.69 Å². The minimum atomic E-state index is 0.209. The maximum Gasteiger partial charge on any atom is 0.240 e. The van der Waals surface area contributed by atoms with Gasteiger partial charge in [0.2, 0.25) is 11.8 Å². The minimum absolute atomic E-state index is 0.209. The van der Waals surface area contributed by atoms with Gasteiger partial charge in [0.1, 0.15) is 6.61 Å². The van der Waals surface area contributed by atoms with Gasteiger partial charge in [0.15, 0.2) is 0 Å². The van der Waals surface area contributed by atoms with Gasteiger partial charge in [0, 0.05) is 6.07 Å². The number of rotatable bonds is 8. The quantitative estimate of drug-likeness (QED) is 0.731. The van der Waals surface area contributed by atoms with Gasteiger partial charge in [-0.1, -0.05) is 0 Å². The van der Waals surface area contributed by atoms with E-state index in [1.54, 1.807) is 12.1 Å². The van der Waals surface area contributed by atoms with E-state index in [1.165, 1.54) is 12.8 Å². The second-order valence-corrected chi connectivity index (χ2v) is 5.07. The highest BCUT2D eigenvalue weighted by Gasteiger charge is 2.22. The standard InChI is InChI=1S/C14H22N2O3/c1-10(2)17-7-8-18-13-6-5-12(15)14(16-13)19-9-11-3-4-11/h5-6,10-11H,3-4,7-9,15H2,1-2H3. The molecule has 0 spiro atoms. The third-order valence-electron chi connectivity index (χ3n) is 2.80. The SMILES string of the molecule is CC(C)OCCOc1ccc(N)c(OCC2CC2)n1. The van der Waals surface area contributed by atoms with Gasteiger partial charge in [-0.25, -0.2) is 0 Å². The zero-order chi connectivity index (χ0) is 13.7. The molecule has 0 atom stereocenters. The molecular weight excluding hydrogens is 244 g/mol. The number of hydrogen-bond donors (Lipinski definition) is 1. The molecule has 5 nitrogen and oxygen atoms in total. The van der Waals surface area contributed by atoms with Crippen molar-refractivity contribution < 1.29 is 14.2 Å². The summed E-state index contributed by atoms with van der Waals surface area (Å²) in [5.41, 5.74) is 6.37. The number of ether oxygens (including phenoxy) is 3. The Kier molecular flexibility index (Phi) is 4.85. The van der Waals surface area contributed by atoms with E-state index in [0.717, 1.165) is 0 Å². The molecule has 1 aromatic heterocycles. The summed E-state index contributed by atoms with van der Waals surface area (Å²) in [5.74, 6) is 1.66. The Labute approximate surface area is 114 Å². The Balaban J connectivity index is 1.80. The van der Waals surface area contributed by atoms with Crippen molar-refractivity contribution in [3.8, 4) is 11.8 Å². The maximum atomic E-state index is 5.82. The first-order valence-electron chi connectivity index (χ1n) is 6.79. The molecule has 0 aliphatic heterocycles. The lowest BCUT2D eigenvalue weighted by Gasteiger charge is -2.11. The van der Waals surface area contributed by atoms with E-state index in [0.29, 0.717) is 43.2 Å². The number of nitrogens with two attached hydrogens (primary N) is 1. The molecule has 0 saturated heterocycles. The van der Waals surface area contributed by atoms with Crippen LogP contribution in [0.5, 0.6) is 11.8 Å². The highest BCUT2D eigenvalue weighted by molar-refractivity contribution is 5.49. The third kappa shape index (κ3) is 4.95. The van der Waals surface area contributed by atoms with Gasteiger partial charge in [-0.3, -0.25) is 0 Å². The van der Waals surface area contributed by atoms with Gasteiger partial charge >= 0.3 is 0 Å². The van der Waals surface area contributed by atoms with Crippen LogP contribution in [0.2, 0.25) is 0 Å². The van der Waals surface area contributed by atoms with Gasteiger partial charge in [-0.05, 0) is 38.7 Å². The van der Waals surface area contributed by atoms with Gasteiger partial charge in [0.25, 0.3) is 0 Å². The third-order valence-corrected chi connectivity index (χ3v) is 2.80. The molecule has 106 valence electrons. The Morgan fingerprint density at radius 3 is 2.74 bits per heavy atom. The predicted octanol–water partition coefficient (Wildman–Crippen LogP) is 2.26. The Morgan fingerprint density at radius 1 is 1.26 bits per heavy atom. The largest absolute Gasteiger partial charge is 0.476 e. The fraction of sp³-hybridized carbons (Fsp3) is 0.643. The Bertz CT molecular complexity index is 406. The molecule has 19 heavy (non-hydrogen) atoms. The van der Waals surface area contributed by atoms with Crippen molar-refractivity contribution in [1.82, 2.24) is 4.98 Å². The fourth-order valence-electron chi connectivity index (χ4n) is 1.54. The van der Waals surface area contributed by atoms with Crippen LogP contribution in [0, 0.1) is 5.92 Å². The summed E-state index contributed by atoms with van der Waals surface area (Å²) < 4.78 is 16.5. The van der Waals surface area contributed by atoms with E-state index in [2.05, 4.69) is 4.98 Å². The second kappa shape index (κ2) is 6.61. The van der Waals surface area contributed by atoms with Crippen LogP contribution in [0.25, 0.3) is 0 Å². The maximum absolute atomic E-state index is 5.82. The van der Waals surface area contributed by atoms with E-state index >= 15 is 0 Å². The van der Waals surface area contributed by atoms with Crippen molar-refractivity contribution >= 4 is 5.69 Å². The van der Waals surface area contributed by atoms with Crippen LogP contribution >= 0.6 is 0 Å². The molecular formula is C14H22N2O3. The van der Waals surface area contributed by atoms with Crippen molar-refractivity contribution in [1.29, 1.82) is 0 Å². The topological polar surface area (TPSA) is 66.6 Å². The van der Waals surface area contributed by atoms with E-state index < -0.39 is 0 Å². The zero-order valence-corrected chi connectivity index (χ0v) is 11.6. The molecule has 1 saturated carbocycles. The fourth-order valence-corrected chi connectivity index (χ4v) is 1.54. The zero-order valence-electron chi connectivity index (χ0n) is 11.6. The lowest BCUT2D eigenvalue weighted by Crippen LogP contribution is -2.12. The molecule has 2 N–H and O–H groups in total. The van der Waals surface area contributed by atoms with Crippen LogP contribution in [0.3, 0.4) is 0 Å². The van der Waals surface area contributed by atoms with Crippen LogP contribution in [-0.4, -0.2) is 30.9 Å². The van der Waals surface area contributed by atoms with E-state index in [1.807, 2.05) is 13.8 Å². The van der Waals surface area contributed by atoms with Crippen LogP contribution in [-0.2, 0) is 4.74 Å². The normalized spacial score (nSPS) is 14.7. The molecule has 0 radical (unpaired) electrons. The number of nitrogens with zero attached hydrogens (tertiary/aromatic N) is 1. The lowest BCUT2D eigenvalue weighted by molar-refractivity contribution is 0.0541. The molecule has 2 rings (SSSR count). The van der Waals surface area contributed by atoms with E-state index in [-0.39, 0.29) is 6.10 Å². The van der Waals surface area contributed by atoms with Crippen molar-refractivity contribution in [2.75, 3.05) is 25.6 Å². The Morgan fingerprint density at radius 2 is 2.05 bits per heavy atom. The van der Waals surface area contributed by atoms with E-state index in [4.69, 9.17) is 19.9 Å². The highest BCUT2D eigenvalue weighted by atomic mass is 16.5. The van der Waals surface area contributed by atoms with E-state index in [9.17, 15) is 0 Å². The first-order valence-corrected chi connectivity index (χ1v) is 6.79. The van der Waals surface area contributed by atoms with Crippen molar-refractivity contribution in [2.45, 2.75) is 32.8 Å². The molecule has 1 aliphatic carbocycles. The minimum Gasteiger partial charge on any atom is -0.476 e. The first-order chi connectivity index (χ1) is 9.15. The molecule has 0 bridgehead atoms. The van der Waals surface area contributed by atoms with Crippen LogP contribution in [0.15, 0.2) is 12.1 Å². The molecule has 1 aromatic rings. The highest BCUT2D eigenvalue weighted by Crippen LogP contribution is 2.30. The molecule has 0 aromatic carbocycles. The summed E-state index contributed by atoms with van der Waals surface area (Å²) in [6.45, 7) is 5.69. The van der Waals surface area contributed by atoms with Crippen molar-refractivity contribution in [2.24, 2.45) is 5.92 Å². The Hall–Kier alpha value is -1.49. The summed E-state index contributed by atoms with van der Waals surface area (Å²) in [6, 6.07) is 3.50. The second-order valence-electron chi connectivity index (χ2n) is 5.07. The van der Waals surface area contributed by atoms with Crippen LogP contribution in [0.1, 0.15) is 26.7 Å². The lowest BCUT2D eigenvalue weighted by atomic mass is 10.4. The number of pyridine rings is 1. The number of aromatic nitrogens is 1. The molecule has 1 heterocycles. The molecule has 0 unspecified atom stereocenters. The molecule has 5 heteroatoms. The van der Waals surface area contributed by atoms with Crippen molar-refractivity contribution in [3.63, 3.8) is 0 Å². The average Bonchev–Trinajstić information content (AvgIpc) is 3.18. The molecule has 1 fully saturated rings. The van der Waals surface area contributed by atoms with Gasteiger partial charge in [0.05, 0.1) is 25.0 Å². The number of hydrogen-bond acceptors (Lipinski definition) is 5. The van der Waals surface area contributed by atoms with Crippen molar-refractivity contribution in [3.05, 3.63) is 12.1 Å². The van der Waals surface area contributed by atoms with Crippen LogP contribution < -0.4 is 15.2 Å². The summed E-state index contributed by atoms with van der Waals surface area (Å²) in [4.78, 5) is 4.26. The predicted molar refractivity (Wildman–Crippen MR) is 73.5 cm³/mol.